The highest BCUT2D eigenvalue weighted by atomic mass is 35.5. The van der Waals surface area contributed by atoms with Crippen molar-refractivity contribution in [2.75, 3.05) is 31.0 Å². The molecule has 1 N–H and O–H groups in total. The second-order valence-electron chi connectivity index (χ2n) is 9.86. The minimum atomic E-state index is -0.783. The molecule has 12 heteroatoms. The Morgan fingerprint density at radius 2 is 1.93 bits per heavy atom. The van der Waals surface area contributed by atoms with Crippen LogP contribution in [0.5, 0.6) is 5.88 Å². The molecule has 2 aromatic heterocycles. The van der Waals surface area contributed by atoms with Crippen LogP contribution in [0.3, 0.4) is 0 Å². The first-order valence-electron chi connectivity index (χ1n) is 12.4. The lowest BCUT2D eigenvalue weighted by Crippen LogP contribution is -2.33. The molecule has 40 heavy (non-hydrogen) atoms. The van der Waals surface area contributed by atoms with Gasteiger partial charge in [0.2, 0.25) is 11.8 Å². The summed E-state index contributed by atoms with van der Waals surface area (Å²) in [6, 6.07) is 9.65. The smallest absolute Gasteiger partial charge is 0.273 e. The molecule has 1 aliphatic rings. The SMILES string of the molecule is COc1nc(N(C)C)ncc1N=C(C(C)C)C1C(=N)C(=O)N(c2cc(Cl)c(=O)n(C)c2)C1c1ccc(C#N)cc1. The van der Waals surface area contributed by atoms with E-state index in [4.69, 9.17) is 26.7 Å². The van der Waals surface area contributed by atoms with E-state index in [9.17, 15) is 14.9 Å². The number of amides is 1. The fourth-order valence-electron chi connectivity index (χ4n) is 4.66. The highest BCUT2D eigenvalue weighted by molar-refractivity contribution is 6.49. The maximum Gasteiger partial charge on any atom is 0.273 e. The quantitative estimate of drug-likeness (QED) is 0.432. The molecule has 1 aliphatic heterocycles. The molecule has 11 nitrogen and oxygen atoms in total. The molecule has 4 rings (SSSR count). The van der Waals surface area contributed by atoms with Crippen LogP contribution in [0.25, 0.3) is 0 Å². The third-order valence-electron chi connectivity index (χ3n) is 6.61. The molecule has 1 fully saturated rings. The van der Waals surface area contributed by atoms with Crippen LogP contribution in [0.2, 0.25) is 5.02 Å². The summed E-state index contributed by atoms with van der Waals surface area (Å²) in [4.78, 5) is 42.9. The number of hydrogen-bond acceptors (Lipinski definition) is 9. The summed E-state index contributed by atoms with van der Waals surface area (Å²) in [6.45, 7) is 3.86. The fourth-order valence-corrected chi connectivity index (χ4v) is 4.90. The third kappa shape index (κ3) is 5.18. The zero-order chi connectivity index (χ0) is 29.3. The summed E-state index contributed by atoms with van der Waals surface area (Å²) in [5.74, 6) is -0.826. The number of nitriles is 1. The second-order valence-corrected chi connectivity index (χ2v) is 10.3. The van der Waals surface area contributed by atoms with E-state index >= 15 is 0 Å². The van der Waals surface area contributed by atoms with Crippen LogP contribution >= 0.6 is 11.6 Å². The van der Waals surface area contributed by atoms with E-state index in [1.54, 1.807) is 42.4 Å². The van der Waals surface area contributed by atoms with E-state index in [2.05, 4.69) is 16.0 Å². The van der Waals surface area contributed by atoms with Crippen molar-refractivity contribution in [1.29, 1.82) is 10.7 Å². The average molecular weight is 561 g/mol. The van der Waals surface area contributed by atoms with Crippen LogP contribution in [0.15, 0.2) is 52.5 Å². The van der Waals surface area contributed by atoms with Gasteiger partial charge in [-0.3, -0.25) is 19.9 Å². The predicted octanol–water partition coefficient (Wildman–Crippen LogP) is 3.93. The molecular formula is C28H29ClN8O3. The van der Waals surface area contributed by atoms with Gasteiger partial charge in [-0.25, -0.2) is 9.98 Å². The summed E-state index contributed by atoms with van der Waals surface area (Å²) in [5, 5.41) is 18.3. The van der Waals surface area contributed by atoms with Crippen molar-refractivity contribution in [3.8, 4) is 11.9 Å². The van der Waals surface area contributed by atoms with E-state index in [1.807, 2.05) is 27.9 Å². The highest BCUT2D eigenvalue weighted by Gasteiger charge is 2.49. The van der Waals surface area contributed by atoms with Crippen LogP contribution in [-0.4, -0.2) is 53.1 Å². The Bertz CT molecular complexity index is 1580. The second kappa shape index (κ2) is 11.3. The lowest BCUT2D eigenvalue weighted by molar-refractivity contribution is -0.112. The van der Waals surface area contributed by atoms with Crippen molar-refractivity contribution in [3.05, 3.63) is 69.2 Å². The molecule has 0 bridgehead atoms. The average Bonchev–Trinajstić information content (AvgIpc) is 3.19. The van der Waals surface area contributed by atoms with Gasteiger partial charge in [-0.1, -0.05) is 37.6 Å². The van der Waals surface area contributed by atoms with Gasteiger partial charge in [-0.05, 0) is 29.7 Å². The van der Waals surface area contributed by atoms with E-state index < -0.39 is 23.4 Å². The molecule has 206 valence electrons. The number of aryl methyl sites for hydroxylation is 1. The number of nitrogens with one attached hydrogen (secondary N) is 1. The monoisotopic (exact) mass is 560 g/mol. The minimum Gasteiger partial charge on any atom is -0.479 e. The fraction of sp³-hybridized carbons (Fsp3) is 0.321. The maximum atomic E-state index is 13.8. The predicted molar refractivity (Wildman–Crippen MR) is 154 cm³/mol. The number of aromatic nitrogens is 3. The lowest BCUT2D eigenvalue weighted by atomic mass is 9.83. The minimum absolute atomic E-state index is 0.0537. The first-order chi connectivity index (χ1) is 19.0. The summed E-state index contributed by atoms with van der Waals surface area (Å²) >= 11 is 6.22. The number of hydrogen-bond donors (Lipinski definition) is 1. The first kappa shape index (κ1) is 28.4. The number of nitrogens with zero attached hydrogens (tertiary/aromatic N) is 7. The number of pyridine rings is 1. The van der Waals surface area contributed by atoms with Crippen molar-refractivity contribution in [1.82, 2.24) is 14.5 Å². The largest absolute Gasteiger partial charge is 0.479 e. The number of benzene rings is 1. The van der Waals surface area contributed by atoms with Crippen molar-refractivity contribution >= 4 is 46.3 Å². The van der Waals surface area contributed by atoms with Crippen LogP contribution in [-0.2, 0) is 11.8 Å². The van der Waals surface area contributed by atoms with Gasteiger partial charge >= 0.3 is 0 Å². The molecule has 0 saturated carbocycles. The molecule has 3 aromatic rings. The molecular weight excluding hydrogens is 532 g/mol. The van der Waals surface area contributed by atoms with E-state index in [1.165, 1.54) is 28.8 Å². The maximum absolute atomic E-state index is 13.8. The summed E-state index contributed by atoms with van der Waals surface area (Å²) in [5.41, 5.74) is 1.83. The molecule has 1 saturated heterocycles. The van der Waals surface area contributed by atoms with Crippen molar-refractivity contribution < 1.29 is 9.53 Å². The van der Waals surface area contributed by atoms with Gasteiger partial charge in [-0.2, -0.15) is 10.2 Å². The van der Waals surface area contributed by atoms with Crippen molar-refractivity contribution in [2.45, 2.75) is 19.9 Å². The van der Waals surface area contributed by atoms with E-state index in [0.717, 1.165) is 0 Å². The van der Waals surface area contributed by atoms with Gasteiger partial charge in [0.1, 0.15) is 16.4 Å². The molecule has 0 spiro atoms. The summed E-state index contributed by atoms with van der Waals surface area (Å²) < 4.78 is 6.79. The summed E-state index contributed by atoms with van der Waals surface area (Å²) in [7, 11) is 6.65. The number of carbonyl (C=O) groups is 1. The van der Waals surface area contributed by atoms with Crippen LogP contribution in [0.1, 0.15) is 31.0 Å². The Kier molecular flexibility index (Phi) is 8.02. The molecule has 0 radical (unpaired) electrons. The van der Waals surface area contributed by atoms with Gasteiger partial charge in [0, 0.05) is 33.1 Å². The molecule has 0 aliphatic carbocycles. The molecule has 1 aromatic carbocycles. The standard InChI is InChI=1S/C28H29ClN8O3/c1-15(2)23(33-20-13-32-28(35(3)4)34-25(20)40-6)21-22(31)27(39)37(18-11-19(29)26(38)36(5)14-18)24(21)17-9-7-16(12-30)8-10-17/h7-11,13-15,21,24,31H,1-6H3. The van der Waals surface area contributed by atoms with Gasteiger partial charge in [-0.15, -0.1) is 0 Å². The third-order valence-corrected chi connectivity index (χ3v) is 6.89. The van der Waals surface area contributed by atoms with Crippen molar-refractivity contribution in [3.63, 3.8) is 0 Å². The Labute approximate surface area is 236 Å². The highest BCUT2D eigenvalue weighted by Crippen LogP contribution is 2.43. The van der Waals surface area contributed by atoms with Gasteiger partial charge in [0.15, 0.2) is 0 Å². The van der Waals surface area contributed by atoms with Gasteiger partial charge < -0.3 is 14.2 Å². The van der Waals surface area contributed by atoms with Gasteiger partial charge in [0.25, 0.3) is 11.5 Å². The number of aliphatic imine (C=N–C) groups is 1. The van der Waals surface area contributed by atoms with Gasteiger partial charge in [0.05, 0.1) is 42.6 Å². The van der Waals surface area contributed by atoms with E-state index in [-0.39, 0.29) is 22.5 Å². The Balaban J connectivity index is 1.95. The number of anilines is 2. The zero-order valence-corrected chi connectivity index (χ0v) is 23.8. The Morgan fingerprint density at radius 3 is 2.48 bits per heavy atom. The number of halogens is 1. The Morgan fingerprint density at radius 1 is 1.25 bits per heavy atom. The normalized spacial score (nSPS) is 17.4. The van der Waals surface area contributed by atoms with Crippen molar-refractivity contribution in [2.24, 2.45) is 23.9 Å². The molecule has 2 unspecified atom stereocenters. The topological polar surface area (TPSA) is 141 Å². The van der Waals surface area contributed by atoms with Crippen LogP contribution in [0.4, 0.5) is 17.3 Å². The number of carbonyl (C=O) groups excluding carboxylic acids is 1. The molecule has 2 atom stereocenters. The molecule has 1 amide bonds. The number of ether oxygens (including phenoxy) is 1. The van der Waals surface area contributed by atoms with E-state index in [0.29, 0.717) is 34.2 Å². The molecule has 3 heterocycles. The number of methoxy groups -OCH3 is 1. The number of rotatable bonds is 7. The van der Waals surface area contributed by atoms with Crippen LogP contribution < -0.4 is 20.1 Å². The summed E-state index contributed by atoms with van der Waals surface area (Å²) in [6.07, 6.45) is 3.06. The first-order valence-corrected chi connectivity index (χ1v) is 12.8. The zero-order valence-electron chi connectivity index (χ0n) is 23.0. The lowest BCUT2D eigenvalue weighted by Gasteiger charge is -2.30. The Hall–Kier alpha value is -4.56. The van der Waals surface area contributed by atoms with Crippen LogP contribution in [0, 0.1) is 28.6 Å².